The monoisotopic (exact) mass is 424 g/mol. The zero-order valence-corrected chi connectivity index (χ0v) is 18.9. The highest BCUT2D eigenvalue weighted by molar-refractivity contribution is 7.99. The standard InChI is InChI=1S/C23H28N4O2S/c1-15(2)27-21(13-29-20-12-17(4)6-9-18(20)5)25-26-23(27)30-14-22(28)24-19-10-7-16(3)8-11-19/h6-12,15H,13-14H2,1-5H3,(H,24,28). The molecular weight excluding hydrogens is 396 g/mol. The highest BCUT2D eigenvalue weighted by Gasteiger charge is 2.17. The van der Waals surface area contributed by atoms with Gasteiger partial charge in [0.15, 0.2) is 11.0 Å². The summed E-state index contributed by atoms with van der Waals surface area (Å²) in [5.41, 5.74) is 4.18. The first kappa shape index (κ1) is 21.9. The molecule has 0 bridgehead atoms. The number of nitrogens with one attached hydrogen (secondary N) is 1. The molecule has 158 valence electrons. The van der Waals surface area contributed by atoms with Crippen LogP contribution in [0.15, 0.2) is 47.6 Å². The Bertz CT molecular complexity index is 1010. The minimum absolute atomic E-state index is 0.0738. The van der Waals surface area contributed by atoms with Crippen molar-refractivity contribution in [3.63, 3.8) is 0 Å². The third-order valence-electron chi connectivity index (χ3n) is 4.62. The van der Waals surface area contributed by atoms with Crippen molar-refractivity contribution < 1.29 is 9.53 Å². The van der Waals surface area contributed by atoms with Crippen LogP contribution in [0.5, 0.6) is 5.75 Å². The van der Waals surface area contributed by atoms with Gasteiger partial charge >= 0.3 is 0 Å². The minimum Gasteiger partial charge on any atom is -0.485 e. The molecule has 0 radical (unpaired) electrons. The Morgan fingerprint density at radius 3 is 2.47 bits per heavy atom. The average molecular weight is 425 g/mol. The minimum atomic E-state index is -0.0738. The molecule has 0 aliphatic carbocycles. The zero-order valence-electron chi connectivity index (χ0n) is 18.1. The predicted octanol–water partition coefficient (Wildman–Crippen LogP) is 5.09. The van der Waals surface area contributed by atoms with Crippen LogP contribution in [0.3, 0.4) is 0 Å². The Labute approximate surface area is 182 Å². The van der Waals surface area contributed by atoms with Gasteiger partial charge in [0.1, 0.15) is 12.4 Å². The number of hydrogen-bond donors (Lipinski definition) is 1. The number of thioether (sulfide) groups is 1. The molecule has 3 rings (SSSR count). The molecule has 3 aromatic rings. The SMILES string of the molecule is Cc1ccc(NC(=O)CSc2nnc(COc3cc(C)ccc3C)n2C(C)C)cc1. The second kappa shape index (κ2) is 9.80. The van der Waals surface area contributed by atoms with Gasteiger partial charge < -0.3 is 14.6 Å². The van der Waals surface area contributed by atoms with Crippen LogP contribution < -0.4 is 10.1 Å². The normalized spacial score (nSPS) is 11.0. The number of anilines is 1. The molecule has 0 aliphatic rings. The lowest BCUT2D eigenvalue weighted by molar-refractivity contribution is -0.113. The molecule has 0 saturated heterocycles. The van der Waals surface area contributed by atoms with Crippen molar-refractivity contribution in [2.75, 3.05) is 11.1 Å². The second-order valence-corrected chi connectivity index (χ2v) is 8.57. The van der Waals surface area contributed by atoms with E-state index in [1.165, 1.54) is 11.8 Å². The molecule has 2 aromatic carbocycles. The number of aryl methyl sites for hydroxylation is 3. The first-order valence-electron chi connectivity index (χ1n) is 9.96. The van der Waals surface area contributed by atoms with Gasteiger partial charge in [-0.3, -0.25) is 4.79 Å². The number of hydrogen-bond acceptors (Lipinski definition) is 5. The molecule has 30 heavy (non-hydrogen) atoms. The molecule has 1 amide bonds. The van der Waals surface area contributed by atoms with Crippen LogP contribution in [0.4, 0.5) is 5.69 Å². The van der Waals surface area contributed by atoms with E-state index in [0.717, 1.165) is 34.0 Å². The van der Waals surface area contributed by atoms with Crippen LogP contribution in [0.2, 0.25) is 0 Å². The molecule has 0 fully saturated rings. The van der Waals surface area contributed by atoms with E-state index in [2.05, 4.69) is 35.4 Å². The summed E-state index contributed by atoms with van der Waals surface area (Å²) < 4.78 is 8.03. The van der Waals surface area contributed by atoms with E-state index in [1.807, 2.05) is 61.7 Å². The van der Waals surface area contributed by atoms with Gasteiger partial charge in [0.25, 0.3) is 0 Å². The largest absolute Gasteiger partial charge is 0.485 e. The molecule has 1 heterocycles. The lowest BCUT2D eigenvalue weighted by Gasteiger charge is -2.15. The number of aromatic nitrogens is 3. The predicted molar refractivity (Wildman–Crippen MR) is 121 cm³/mol. The lowest BCUT2D eigenvalue weighted by Crippen LogP contribution is -2.15. The number of amides is 1. The summed E-state index contributed by atoms with van der Waals surface area (Å²) in [7, 11) is 0. The fourth-order valence-electron chi connectivity index (χ4n) is 2.99. The quantitative estimate of drug-likeness (QED) is 0.510. The van der Waals surface area contributed by atoms with Crippen LogP contribution in [0, 0.1) is 20.8 Å². The molecule has 6 nitrogen and oxygen atoms in total. The van der Waals surface area contributed by atoms with Crippen LogP contribution in [0.1, 0.15) is 42.4 Å². The van der Waals surface area contributed by atoms with Crippen molar-refractivity contribution >= 4 is 23.4 Å². The maximum Gasteiger partial charge on any atom is 0.234 e. The third-order valence-corrected chi connectivity index (χ3v) is 5.56. The number of nitrogens with zero attached hydrogens (tertiary/aromatic N) is 3. The van der Waals surface area contributed by atoms with Crippen molar-refractivity contribution in [1.82, 2.24) is 14.8 Å². The van der Waals surface area contributed by atoms with Crippen molar-refractivity contribution in [2.24, 2.45) is 0 Å². The maximum atomic E-state index is 12.3. The van der Waals surface area contributed by atoms with Crippen molar-refractivity contribution in [2.45, 2.75) is 52.4 Å². The molecule has 1 N–H and O–H groups in total. The van der Waals surface area contributed by atoms with Gasteiger partial charge in [-0.2, -0.15) is 0 Å². The summed E-state index contributed by atoms with van der Waals surface area (Å²) in [6.45, 7) is 10.5. The van der Waals surface area contributed by atoms with E-state index in [0.29, 0.717) is 11.8 Å². The summed E-state index contributed by atoms with van der Waals surface area (Å²) in [5.74, 6) is 1.78. The topological polar surface area (TPSA) is 69.0 Å². The van der Waals surface area contributed by atoms with Crippen LogP contribution in [-0.2, 0) is 11.4 Å². The van der Waals surface area contributed by atoms with E-state index >= 15 is 0 Å². The number of rotatable bonds is 8. The fraction of sp³-hybridized carbons (Fsp3) is 0.348. The van der Waals surface area contributed by atoms with Gasteiger partial charge in [-0.25, -0.2) is 0 Å². The maximum absolute atomic E-state index is 12.3. The number of benzene rings is 2. The average Bonchev–Trinajstić information content (AvgIpc) is 3.12. The summed E-state index contributed by atoms with van der Waals surface area (Å²) in [6, 6.07) is 14.0. The van der Waals surface area contributed by atoms with Crippen LogP contribution >= 0.6 is 11.8 Å². The fourth-order valence-corrected chi connectivity index (χ4v) is 3.88. The van der Waals surface area contributed by atoms with Gasteiger partial charge in [-0.15, -0.1) is 10.2 Å². The molecule has 0 saturated carbocycles. The van der Waals surface area contributed by atoms with Gasteiger partial charge in [0, 0.05) is 11.7 Å². The molecule has 0 atom stereocenters. The number of ether oxygens (including phenoxy) is 1. The molecule has 1 aromatic heterocycles. The van der Waals surface area contributed by atoms with E-state index in [4.69, 9.17) is 4.74 Å². The van der Waals surface area contributed by atoms with Crippen molar-refractivity contribution in [3.8, 4) is 5.75 Å². The smallest absolute Gasteiger partial charge is 0.234 e. The van der Waals surface area contributed by atoms with Gasteiger partial charge in [-0.05, 0) is 63.9 Å². The second-order valence-electron chi connectivity index (χ2n) is 7.62. The summed E-state index contributed by atoms with van der Waals surface area (Å²) in [6.07, 6.45) is 0. The molecule has 0 unspecified atom stereocenters. The zero-order chi connectivity index (χ0) is 21.7. The Hall–Kier alpha value is -2.80. The van der Waals surface area contributed by atoms with E-state index in [1.54, 1.807) is 0 Å². The first-order chi connectivity index (χ1) is 14.3. The van der Waals surface area contributed by atoms with Crippen molar-refractivity contribution in [1.29, 1.82) is 0 Å². The Kier molecular flexibility index (Phi) is 7.15. The number of carbonyl (C=O) groups is 1. The summed E-state index contributed by atoms with van der Waals surface area (Å²) >= 11 is 1.38. The lowest BCUT2D eigenvalue weighted by atomic mass is 10.1. The van der Waals surface area contributed by atoms with E-state index in [-0.39, 0.29) is 17.7 Å². The van der Waals surface area contributed by atoms with Gasteiger partial charge in [0.05, 0.1) is 5.75 Å². The summed E-state index contributed by atoms with van der Waals surface area (Å²) in [4.78, 5) is 12.3. The highest BCUT2D eigenvalue weighted by atomic mass is 32.2. The molecule has 0 aliphatic heterocycles. The first-order valence-corrected chi connectivity index (χ1v) is 10.9. The van der Waals surface area contributed by atoms with Crippen LogP contribution in [-0.4, -0.2) is 26.4 Å². The van der Waals surface area contributed by atoms with E-state index < -0.39 is 0 Å². The Balaban J connectivity index is 1.64. The summed E-state index contributed by atoms with van der Waals surface area (Å²) in [5, 5.41) is 12.2. The molecule has 0 spiro atoms. The van der Waals surface area contributed by atoms with Gasteiger partial charge in [-0.1, -0.05) is 41.6 Å². The Morgan fingerprint density at radius 2 is 1.77 bits per heavy atom. The molecule has 7 heteroatoms. The Morgan fingerprint density at radius 1 is 1.07 bits per heavy atom. The third kappa shape index (κ3) is 5.63. The van der Waals surface area contributed by atoms with Crippen LogP contribution in [0.25, 0.3) is 0 Å². The highest BCUT2D eigenvalue weighted by Crippen LogP contribution is 2.24. The van der Waals surface area contributed by atoms with Crippen molar-refractivity contribution in [3.05, 3.63) is 65.0 Å². The van der Waals surface area contributed by atoms with E-state index in [9.17, 15) is 4.79 Å². The van der Waals surface area contributed by atoms with Gasteiger partial charge in [0.2, 0.25) is 5.91 Å². The number of carbonyl (C=O) groups excluding carboxylic acids is 1. The molecular formula is C23H28N4O2S.